The molecule has 3 rings (SSSR count). The number of carbonyl (C=O) groups excluding carboxylic acids is 1. The third kappa shape index (κ3) is 5.12. The van der Waals surface area contributed by atoms with E-state index < -0.39 is 22.0 Å². The second-order valence-electron chi connectivity index (χ2n) is 7.02. The second kappa shape index (κ2) is 8.90. The van der Waals surface area contributed by atoms with Gasteiger partial charge in [-0.1, -0.05) is 55.8 Å². The minimum absolute atomic E-state index is 0.0479. The van der Waals surface area contributed by atoms with Gasteiger partial charge in [-0.05, 0) is 35.7 Å². The molecule has 6 nitrogen and oxygen atoms in total. The highest BCUT2D eigenvalue weighted by Crippen LogP contribution is 2.21. The first-order valence-corrected chi connectivity index (χ1v) is 11.0. The standard InChI is InChI=1S/C21H22ClN3O3S/c1-14(2)19(21(26)24-13-15-8-10-17(22)11-9-15)25-29(27,28)18-7-3-5-16-6-4-12-23-20(16)18/h3-12,14,19,25H,13H2,1-2H3,(H,24,26)/t19-/m1/s1. The minimum Gasteiger partial charge on any atom is -0.351 e. The predicted molar refractivity (Wildman–Crippen MR) is 114 cm³/mol. The van der Waals surface area contributed by atoms with Gasteiger partial charge in [0.25, 0.3) is 0 Å². The molecule has 1 aromatic heterocycles. The van der Waals surface area contributed by atoms with Crippen LogP contribution in [0.4, 0.5) is 0 Å². The fourth-order valence-corrected chi connectivity index (χ4v) is 4.57. The first kappa shape index (κ1) is 21.2. The molecular weight excluding hydrogens is 410 g/mol. The summed E-state index contributed by atoms with van der Waals surface area (Å²) in [5.41, 5.74) is 1.23. The van der Waals surface area contributed by atoms with E-state index in [4.69, 9.17) is 11.6 Å². The van der Waals surface area contributed by atoms with Gasteiger partial charge >= 0.3 is 0 Å². The third-order valence-electron chi connectivity index (χ3n) is 4.50. The first-order chi connectivity index (χ1) is 13.8. The van der Waals surface area contributed by atoms with Crippen molar-refractivity contribution >= 4 is 38.4 Å². The molecule has 1 atom stereocenters. The van der Waals surface area contributed by atoms with Crippen LogP contribution in [0.25, 0.3) is 10.9 Å². The molecule has 0 aliphatic heterocycles. The van der Waals surface area contributed by atoms with Crippen LogP contribution in [0.15, 0.2) is 65.7 Å². The number of hydrogen-bond donors (Lipinski definition) is 2. The Morgan fingerprint density at radius 2 is 1.76 bits per heavy atom. The number of para-hydroxylation sites is 1. The van der Waals surface area contributed by atoms with Crippen LogP contribution < -0.4 is 10.0 Å². The molecule has 1 heterocycles. The van der Waals surface area contributed by atoms with Crippen LogP contribution in [-0.4, -0.2) is 25.4 Å². The molecule has 29 heavy (non-hydrogen) atoms. The number of benzene rings is 2. The highest BCUT2D eigenvalue weighted by Gasteiger charge is 2.29. The topological polar surface area (TPSA) is 88.2 Å². The van der Waals surface area contributed by atoms with Crippen LogP contribution in [0.2, 0.25) is 5.02 Å². The number of nitrogens with zero attached hydrogens (tertiary/aromatic N) is 1. The van der Waals surface area contributed by atoms with Gasteiger partial charge in [0.2, 0.25) is 15.9 Å². The summed E-state index contributed by atoms with van der Waals surface area (Å²) in [6.07, 6.45) is 1.54. The van der Waals surface area contributed by atoms with E-state index in [0.717, 1.165) is 5.56 Å². The summed E-state index contributed by atoms with van der Waals surface area (Å²) < 4.78 is 28.6. The van der Waals surface area contributed by atoms with Crippen molar-refractivity contribution in [2.24, 2.45) is 5.92 Å². The molecule has 8 heteroatoms. The lowest BCUT2D eigenvalue weighted by Crippen LogP contribution is -2.49. The number of aromatic nitrogens is 1. The Hall–Kier alpha value is -2.48. The molecule has 0 spiro atoms. The SMILES string of the molecule is CC(C)[C@@H](NS(=O)(=O)c1cccc2cccnc12)C(=O)NCc1ccc(Cl)cc1. The lowest BCUT2D eigenvalue weighted by Gasteiger charge is -2.22. The van der Waals surface area contributed by atoms with Gasteiger partial charge in [0.05, 0.1) is 5.52 Å². The van der Waals surface area contributed by atoms with Gasteiger partial charge in [-0.25, -0.2) is 8.42 Å². The maximum Gasteiger partial charge on any atom is 0.243 e. The van der Waals surface area contributed by atoms with Crippen molar-refractivity contribution in [2.45, 2.75) is 31.3 Å². The molecule has 0 bridgehead atoms. The summed E-state index contributed by atoms with van der Waals surface area (Å²) >= 11 is 5.87. The van der Waals surface area contributed by atoms with Crippen molar-refractivity contribution in [3.05, 3.63) is 71.4 Å². The van der Waals surface area contributed by atoms with E-state index >= 15 is 0 Å². The van der Waals surface area contributed by atoms with Crippen molar-refractivity contribution in [3.63, 3.8) is 0 Å². The number of nitrogens with one attached hydrogen (secondary N) is 2. The largest absolute Gasteiger partial charge is 0.351 e. The Bertz CT molecular complexity index is 1110. The highest BCUT2D eigenvalue weighted by molar-refractivity contribution is 7.89. The first-order valence-electron chi connectivity index (χ1n) is 9.16. The monoisotopic (exact) mass is 431 g/mol. The summed E-state index contributed by atoms with van der Waals surface area (Å²) in [4.78, 5) is 17.0. The number of pyridine rings is 1. The predicted octanol–water partition coefficient (Wildman–Crippen LogP) is 3.51. The van der Waals surface area contributed by atoms with E-state index in [2.05, 4.69) is 15.0 Å². The van der Waals surface area contributed by atoms with Crippen molar-refractivity contribution in [2.75, 3.05) is 0 Å². The Morgan fingerprint density at radius 3 is 2.45 bits per heavy atom. The van der Waals surface area contributed by atoms with E-state index in [-0.39, 0.29) is 17.4 Å². The molecule has 2 N–H and O–H groups in total. The molecular formula is C21H22ClN3O3S. The average molecular weight is 432 g/mol. The van der Waals surface area contributed by atoms with Gasteiger partial charge in [0, 0.05) is 23.2 Å². The highest BCUT2D eigenvalue weighted by atomic mass is 35.5. The van der Waals surface area contributed by atoms with Gasteiger partial charge in [0.15, 0.2) is 0 Å². The van der Waals surface area contributed by atoms with Crippen molar-refractivity contribution in [1.29, 1.82) is 0 Å². The molecule has 1 amide bonds. The lowest BCUT2D eigenvalue weighted by atomic mass is 10.0. The Labute approximate surface area is 175 Å². The van der Waals surface area contributed by atoms with Gasteiger partial charge in [-0.15, -0.1) is 0 Å². The van der Waals surface area contributed by atoms with Crippen molar-refractivity contribution in [3.8, 4) is 0 Å². The number of hydrogen-bond acceptors (Lipinski definition) is 4. The number of amides is 1. The molecule has 0 saturated heterocycles. The van der Waals surface area contributed by atoms with E-state index in [0.29, 0.717) is 15.9 Å². The summed E-state index contributed by atoms with van der Waals surface area (Å²) in [5, 5.41) is 4.11. The molecule has 0 fully saturated rings. The summed E-state index contributed by atoms with van der Waals surface area (Å²) in [7, 11) is -3.96. The number of halogens is 1. The maximum absolute atomic E-state index is 13.0. The third-order valence-corrected chi connectivity index (χ3v) is 6.22. The number of carbonyl (C=O) groups is 1. The number of sulfonamides is 1. The summed E-state index contributed by atoms with van der Waals surface area (Å²) in [5.74, 6) is -0.648. The van der Waals surface area contributed by atoms with Gasteiger partial charge < -0.3 is 5.32 Å². The molecule has 152 valence electrons. The zero-order valence-electron chi connectivity index (χ0n) is 16.1. The summed E-state index contributed by atoms with van der Waals surface area (Å²) in [6, 6.07) is 14.6. The van der Waals surface area contributed by atoms with Crippen molar-refractivity contribution in [1.82, 2.24) is 15.0 Å². The molecule has 0 unspecified atom stereocenters. The van der Waals surface area contributed by atoms with Crippen LogP contribution in [0.3, 0.4) is 0 Å². The van der Waals surface area contributed by atoms with Gasteiger partial charge in [0.1, 0.15) is 10.9 Å². The Morgan fingerprint density at radius 1 is 1.07 bits per heavy atom. The average Bonchev–Trinajstić information content (AvgIpc) is 2.70. The zero-order valence-corrected chi connectivity index (χ0v) is 17.7. The quantitative estimate of drug-likeness (QED) is 0.599. The lowest BCUT2D eigenvalue weighted by molar-refractivity contribution is -0.123. The van der Waals surface area contributed by atoms with Crippen molar-refractivity contribution < 1.29 is 13.2 Å². The second-order valence-corrected chi connectivity index (χ2v) is 9.14. The van der Waals surface area contributed by atoms with E-state index in [1.807, 2.05) is 0 Å². The van der Waals surface area contributed by atoms with E-state index in [1.54, 1.807) is 68.6 Å². The van der Waals surface area contributed by atoms with Gasteiger partial charge in [-0.3, -0.25) is 9.78 Å². The molecule has 0 aliphatic rings. The number of rotatable bonds is 7. The molecule has 3 aromatic rings. The molecule has 0 saturated carbocycles. The fraction of sp³-hybridized carbons (Fsp3) is 0.238. The Kier molecular flexibility index (Phi) is 6.52. The van der Waals surface area contributed by atoms with Crippen LogP contribution in [-0.2, 0) is 21.4 Å². The van der Waals surface area contributed by atoms with Gasteiger partial charge in [-0.2, -0.15) is 4.72 Å². The smallest absolute Gasteiger partial charge is 0.243 e. The molecule has 0 radical (unpaired) electrons. The molecule has 0 aliphatic carbocycles. The number of fused-ring (bicyclic) bond motifs is 1. The van der Waals surface area contributed by atoms with Crippen LogP contribution in [0, 0.1) is 5.92 Å². The zero-order chi connectivity index (χ0) is 21.0. The van der Waals surface area contributed by atoms with Crippen LogP contribution >= 0.6 is 11.6 Å². The maximum atomic E-state index is 13.0. The Balaban J connectivity index is 1.80. The van der Waals surface area contributed by atoms with Crippen LogP contribution in [0.5, 0.6) is 0 Å². The van der Waals surface area contributed by atoms with E-state index in [1.165, 1.54) is 6.07 Å². The van der Waals surface area contributed by atoms with Crippen LogP contribution in [0.1, 0.15) is 19.4 Å². The minimum atomic E-state index is -3.96. The molecule has 2 aromatic carbocycles. The fourth-order valence-electron chi connectivity index (χ4n) is 2.92. The van der Waals surface area contributed by atoms with E-state index in [9.17, 15) is 13.2 Å². The summed E-state index contributed by atoms with van der Waals surface area (Å²) in [6.45, 7) is 3.85. The normalized spacial score (nSPS) is 12.8.